The number of pyridine rings is 1. The Morgan fingerprint density at radius 1 is 1.25 bits per heavy atom. The fraction of sp³-hybridized carbons (Fsp3) is 0.643. The highest BCUT2D eigenvalue weighted by atomic mass is 32.2. The first-order chi connectivity index (χ1) is 9.49. The summed E-state index contributed by atoms with van der Waals surface area (Å²) in [6, 6.07) is 3.63. The second kappa shape index (κ2) is 6.54. The van der Waals surface area contributed by atoms with Crippen LogP contribution in [0.3, 0.4) is 0 Å². The van der Waals surface area contributed by atoms with Gasteiger partial charge < -0.3 is 4.74 Å². The van der Waals surface area contributed by atoms with E-state index in [4.69, 9.17) is 9.88 Å². The first-order valence-electron chi connectivity index (χ1n) is 7.03. The lowest BCUT2D eigenvalue weighted by Crippen LogP contribution is -2.38. The van der Waals surface area contributed by atoms with Gasteiger partial charge in [0.1, 0.15) is 5.75 Å². The van der Waals surface area contributed by atoms with Gasteiger partial charge in [-0.2, -0.15) is 0 Å². The first kappa shape index (κ1) is 15.3. The summed E-state index contributed by atoms with van der Waals surface area (Å²) in [6.45, 7) is 0.384. The van der Waals surface area contributed by atoms with Crippen LogP contribution in [0.1, 0.15) is 38.5 Å². The highest BCUT2D eigenvalue weighted by molar-refractivity contribution is 7.89. The lowest BCUT2D eigenvalue weighted by molar-refractivity contribution is 0.145. The van der Waals surface area contributed by atoms with E-state index in [2.05, 4.69) is 4.98 Å². The molecule has 20 heavy (non-hydrogen) atoms. The standard InChI is InChI=1S/C14H22N2O3S/c15-20(17,18)12-14(7-3-1-2-4-8-14)11-19-13-6-5-9-16-10-13/h5-6,9-10H,1-4,7-8,11-12H2,(H2,15,17,18). The summed E-state index contributed by atoms with van der Waals surface area (Å²) >= 11 is 0. The van der Waals surface area contributed by atoms with Crippen LogP contribution in [-0.4, -0.2) is 25.8 Å². The van der Waals surface area contributed by atoms with Gasteiger partial charge in [-0.1, -0.05) is 25.7 Å². The summed E-state index contributed by atoms with van der Waals surface area (Å²) < 4.78 is 28.8. The fourth-order valence-corrected chi connectivity index (χ4v) is 4.13. The van der Waals surface area contributed by atoms with Crippen LogP contribution in [-0.2, 0) is 10.0 Å². The van der Waals surface area contributed by atoms with Gasteiger partial charge in [0.2, 0.25) is 10.0 Å². The highest BCUT2D eigenvalue weighted by Crippen LogP contribution is 2.36. The van der Waals surface area contributed by atoms with Crippen molar-refractivity contribution in [3.63, 3.8) is 0 Å². The Hall–Kier alpha value is -1.14. The number of hydrogen-bond acceptors (Lipinski definition) is 4. The van der Waals surface area contributed by atoms with Gasteiger partial charge in [0.15, 0.2) is 0 Å². The summed E-state index contributed by atoms with van der Waals surface area (Å²) in [5, 5.41) is 5.28. The zero-order valence-corrected chi connectivity index (χ0v) is 12.4. The molecular formula is C14H22N2O3S. The molecule has 0 spiro atoms. The second-order valence-corrected chi connectivity index (χ2v) is 7.31. The van der Waals surface area contributed by atoms with Gasteiger partial charge >= 0.3 is 0 Å². The maximum Gasteiger partial charge on any atom is 0.209 e. The Bertz CT molecular complexity index is 508. The van der Waals surface area contributed by atoms with Gasteiger partial charge in [-0.05, 0) is 25.0 Å². The van der Waals surface area contributed by atoms with Crippen molar-refractivity contribution in [2.45, 2.75) is 38.5 Å². The van der Waals surface area contributed by atoms with E-state index in [0.717, 1.165) is 38.5 Å². The van der Waals surface area contributed by atoms with E-state index >= 15 is 0 Å². The van der Waals surface area contributed by atoms with Crippen molar-refractivity contribution >= 4 is 10.0 Å². The summed E-state index contributed by atoms with van der Waals surface area (Å²) in [5.74, 6) is 0.672. The van der Waals surface area contributed by atoms with Gasteiger partial charge in [0.05, 0.1) is 18.6 Å². The van der Waals surface area contributed by atoms with E-state index in [0.29, 0.717) is 12.4 Å². The number of hydrogen-bond donors (Lipinski definition) is 1. The molecule has 0 unspecified atom stereocenters. The van der Waals surface area contributed by atoms with Crippen molar-refractivity contribution in [3.05, 3.63) is 24.5 Å². The smallest absolute Gasteiger partial charge is 0.209 e. The average Bonchev–Trinajstić information content (AvgIpc) is 2.62. The Balaban J connectivity index is 2.09. The normalized spacial score (nSPS) is 19.2. The van der Waals surface area contributed by atoms with Crippen LogP contribution < -0.4 is 9.88 Å². The van der Waals surface area contributed by atoms with E-state index in [-0.39, 0.29) is 11.2 Å². The molecular weight excluding hydrogens is 276 g/mol. The second-order valence-electron chi connectivity index (χ2n) is 5.70. The Morgan fingerprint density at radius 3 is 2.50 bits per heavy atom. The largest absolute Gasteiger partial charge is 0.491 e. The minimum atomic E-state index is -3.50. The number of aromatic nitrogens is 1. The first-order valence-corrected chi connectivity index (χ1v) is 8.74. The third-order valence-corrected chi connectivity index (χ3v) is 4.87. The van der Waals surface area contributed by atoms with Gasteiger partial charge in [-0.25, -0.2) is 13.6 Å². The van der Waals surface area contributed by atoms with Crippen LogP contribution in [0.4, 0.5) is 0 Å². The van der Waals surface area contributed by atoms with Crippen LogP contribution in [0.15, 0.2) is 24.5 Å². The minimum absolute atomic E-state index is 0.000260. The minimum Gasteiger partial charge on any atom is -0.491 e. The monoisotopic (exact) mass is 298 g/mol. The zero-order valence-electron chi connectivity index (χ0n) is 11.6. The number of ether oxygens (including phenoxy) is 1. The predicted molar refractivity (Wildman–Crippen MR) is 77.8 cm³/mol. The maximum atomic E-state index is 11.5. The quantitative estimate of drug-likeness (QED) is 0.844. The van der Waals surface area contributed by atoms with E-state index in [1.807, 2.05) is 6.07 Å². The van der Waals surface area contributed by atoms with Crippen molar-refractivity contribution in [2.75, 3.05) is 12.4 Å². The summed E-state index contributed by atoms with van der Waals surface area (Å²) in [7, 11) is -3.50. The molecule has 1 aromatic rings. The molecule has 1 saturated carbocycles. The van der Waals surface area contributed by atoms with Gasteiger partial charge in [0, 0.05) is 11.6 Å². The van der Waals surface area contributed by atoms with E-state index in [1.54, 1.807) is 18.5 Å². The molecule has 1 aliphatic rings. The number of rotatable bonds is 5. The van der Waals surface area contributed by atoms with Gasteiger partial charge in [0.25, 0.3) is 0 Å². The number of nitrogens with two attached hydrogens (primary N) is 1. The van der Waals surface area contributed by atoms with Crippen LogP contribution in [0.25, 0.3) is 0 Å². The van der Waals surface area contributed by atoms with Crippen molar-refractivity contribution < 1.29 is 13.2 Å². The van der Waals surface area contributed by atoms with E-state index in [9.17, 15) is 8.42 Å². The molecule has 0 bridgehead atoms. The number of nitrogens with zero attached hydrogens (tertiary/aromatic N) is 1. The third-order valence-electron chi connectivity index (χ3n) is 3.85. The molecule has 2 rings (SSSR count). The summed E-state index contributed by atoms with van der Waals surface area (Å²) in [5.41, 5.74) is -0.361. The Morgan fingerprint density at radius 2 is 1.95 bits per heavy atom. The van der Waals surface area contributed by atoms with E-state index < -0.39 is 10.0 Å². The average molecular weight is 298 g/mol. The zero-order chi connectivity index (χ0) is 14.5. The molecule has 6 heteroatoms. The Labute approximate surface area is 120 Å². The lowest BCUT2D eigenvalue weighted by Gasteiger charge is -2.31. The summed E-state index contributed by atoms with van der Waals surface area (Å²) in [4.78, 5) is 4.00. The molecule has 0 aliphatic heterocycles. The maximum absolute atomic E-state index is 11.5. The number of sulfonamides is 1. The van der Waals surface area contributed by atoms with Crippen molar-refractivity contribution in [1.29, 1.82) is 0 Å². The molecule has 1 aliphatic carbocycles. The topological polar surface area (TPSA) is 82.3 Å². The van der Waals surface area contributed by atoms with Gasteiger partial charge in [-0.3, -0.25) is 4.98 Å². The fourth-order valence-electron chi connectivity index (χ4n) is 2.90. The van der Waals surface area contributed by atoms with Crippen LogP contribution in [0.2, 0.25) is 0 Å². The van der Waals surface area contributed by atoms with Gasteiger partial charge in [-0.15, -0.1) is 0 Å². The molecule has 1 aromatic heterocycles. The summed E-state index contributed by atoms with van der Waals surface area (Å²) in [6.07, 6.45) is 9.39. The Kier molecular flexibility index (Phi) is 4.99. The molecule has 0 saturated heterocycles. The molecule has 0 atom stereocenters. The van der Waals surface area contributed by atoms with Crippen molar-refractivity contribution in [2.24, 2.45) is 10.6 Å². The molecule has 2 N–H and O–H groups in total. The highest BCUT2D eigenvalue weighted by Gasteiger charge is 2.35. The molecule has 112 valence electrons. The predicted octanol–water partition coefficient (Wildman–Crippen LogP) is 2.09. The van der Waals surface area contributed by atoms with Crippen LogP contribution in [0.5, 0.6) is 5.75 Å². The molecule has 1 fully saturated rings. The third kappa shape index (κ3) is 4.76. The lowest BCUT2D eigenvalue weighted by atomic mass is 9.83. The molecule has 0 aromatic carbocycles. The number of primary sulfonamides is 1. The molecule has 0 amide bonds. The molecule has 1 heterocycles. The molecule has 0 radical (unpaired) electrons. The van der Waals surface area contributed by atoms with Crippen LogP contribution >= 0.6 is 0 Å². The van der Waals surface area contributed by atoms with Crippen molar-refractivity contribution in [1.82, 2.24) is 4.98 Å². The van der Waals surface area contributed by atoms with E-state index in [1.165, 1.54) is 0 Å². The van der Waals surface area contributed by atoms with Crippen LogP contribution in [0, 0.1) is 5.41 Å². The molecule has 5 nitrogen and oxygen atoms in total. The SMILES string of the molecule is NS(=O)(=O)CC1(COc2cccnc2)CCCCCC1. The van der Waals surface area contributed by atoms with Crippen molar-refractivity contribution in [3.8, 4) is 5.75 Å².